The van der Waals surface area contributed by atoms with Crippen molar-refractivity contribution in [2.75, 3.05) is 0 Å². The minimum Gasteiger partial charge on any atom is -0.299 e. The summed E-state index contributed by atoms with van der Waals surface area (Å²) in [6.45, 7) is 1.76. The van der Waals surface area contributed by atoms with E-state index in [1.54, 1.807) is 6.92 Å². The molecule has 144 valence electrons. The normalized spacial score (nSPS) is 11.5. The highest BCUT2D eigenvalue weighted by Crippen LogP contribution is 2.34. The van der Waals surface area contributed by atoms with Crippen LogP contribution in [0.4, 0.5) is 0 Å². The smallest absolute Gasteiger partial charge is 0.136 e. The Kier molecular flexibility index (Phi) is 5.57. The highest BCUT2D eigenvalue weighted by molar-refractivity contribution is 5.85. The Morgan fingerprint density at radius 2 is 1.07 bits per heavy atom. The van der Waals surface area contributed by atoms with Crippen molar-refractivity contribution in [1.29, 1.82) is 0 Å². The summed E-state index contributed by atoms with van der Waals surface area (Å²) in [6.07, 6.45) is 2.22. The van der Waals surface area contributed by atoms with Crippen LogP contribution in [0.1, 0.15) is 23.6 Å². The zero-order valence-corrected chi connectivity index (χ0v) is 16.8. The lowest BCUT2D eigenvalue weighted by Gasteiger charge is -2.32. The van der Waals surface area contributed by atoms with Crippen LogP contribution < -0.4 is 0 Å². The Morgan fingerprint density at radius 1 is 0.586 bits per heavy atom. The molecule has 0 aliphatic rings. The topological polar surface area (TPSA) is 17.1 Å². The number of ketones is 1. The van der Waals surface area contributed by atoms with Crippen LogP contribution in [0, 0.1) is 5.41 Å². The number of hydrogen-bond acceptors (Lipinski definition) is 1. The number of Topliss-reactive ketones (excluding diaryl/α,β-unsaturated/α-hetero) is 1. The molecule has 1 heteroatoms. The van der Waals surface area contributed by atoms with Gasteiger partial charge in [0.1, 0.15) is 5.78 Å². The lowest BCUT2D eigenvalue weighted by Crippen LogP contribution is -2.36. The van der Waals surface area contributed by atoms with Crippen molar-refractivity contribution < 1.29 is 4.79 Å². The number of hydrogen-bond donors (Lipinski definition) is 0. The third-order valence-electron chi connectivity index (χ3n) is 5.87. The molecule has 29 heavy (non-hydrogen) atoms. The number of carbonyl (C=O) groups is 1. The Labute approximate surface area is 173 Å². The highest BCUT2D eigenvalue weighted by Gasteiger charge is 2.36. The van der Waals surface area contributed by atoms with E-state index in [4.69, 9.17) is 0 Å². The monoisotopic (exact) mass is 378 g/mol. The van der Waals surface area contributed by atoms with Crippen LogP contribution in [0.25, 0.3) is 10.8 Å². The van der Waals surface area contributed by atoms with E-state index in [2.05, 4.69) is 91.0 Å². The molecule has 4 aromatic carbocycles. The van der Waals surface area contributed by atoms with E-state index in [0.29, 0.717) is 0 Å². The third-order valence-corrected chi connectivity index (χ3v) is 5.87. The zero-order valence-electron chi connectivity index (χ0n) is 16.8. The van der Waals surface area contributed by atoms with Gasteiger partial charge in [-0.25, -0.2) is 0 Å². The van der Waals surface area contributed by atoms with Gasteiger partial charge in [0, 0.05) is 5.41 Å². The average Bonchev–Trinajstić information content (AvgIpc) is 2.75. The molecule has 0 amide bonds. The van der Waals surface area contributed by atoms with Crippen molar-refractivity contribution in [1.82, 2.24) is 0 Å². The predicted molar refractivity (Wildman–Crippen MR) is 121 cm³/mol. The maximum absolute atomic E-state index is 13.1. The van der Waals surface area contributed by atoms with Crippen molar-refractivity contribution in [2.45, 2.75) is 26.2 Å². The molecule has 0 aliphatic heterocycles. The molecule has 0 atom stereocenters. The van der Waals surface area contributed by atoms with Gasteiger partial charge in [-0.05, 0) is 53.6 Å². The molecular weight excluding hydrogens is 352 g/mol. The molecule has 0 aliphatic carbocycles. The summed E-state index contributed by atoms with van der Waals surface area (Å²) in [5, 5.41) is 2.46. The third kappa shape index (κ3) is 4.46. The Hall–Kier alpha value is -3.19. The SMILES string of the molecule is CC(=O)C(Cc1ccccc1)(Cc1ccccc1)Cc1ccc2ccccc2c1. The molecule has 4 rings (SSSR count). The summed E-state index contributed by atoms with van der Waals surface area (Å²) in [4.78, 5) is 13.1. The van der Waals surface area contributed by atoms with Crippen LogP contribution in [0.2, 0.25) is 0 Å². The second-order valence-electron chi connectivity index (χ2n) is 8.02. The number of carbonyl (C=O) groups excluding carboxylic acids is 1. The number of benzene rings is 4. The van der Waals surface area contributed by atoms with Crippen molar-refractivity contribution in [3.63, 3.8) is 0 Å². The summed E-state index contributed by atoms with van der Waals surface area (Å²) in [6, 6.07) is 35.8. The van der Waals surface area contributed by atoms with E-state index in [1.165, 1.54) is 27.5 Å². The van der Waals surface area contributed by atoms with Crippen molar-refractivity contribution in [2.24, 2.45) is 5.41 Å². The fourth-order valence-electron chi connectivity index (χ4n) is 4.27. The molecule has 4 aromatic rings. The fraction of sp³-hybridized carbons (Fsp3) is 0.179. The Bertz CT molecular complexity index is 1060. The molecular formula is C28H26O. The van der Waals surface area contributed by atoms with Crippen LogP contribution >= 0.6 is 0 Å². The largest absolute Gasteiger partial charge is 0.299 e. The summed E-state index contributed by atoms with van der Waals surface area (Å²) in [5.41, 5.74) is 3.16. The minimum atomic E-state index is -0.467. The first-order valence-corrected chi connectivity index (χ1v) is 10.2. The molecule has 0 aromatic heterocycles. The fourth-order valence-corrected chi connectivity index (χ4v) is 4.27. The van der Waals surface area contributed by atoms with Gasteiger partial charge in [0.2, 0.25) is 0 Å². The number of rotatable bonds is 7. The Balaban J connectivity index is 1.75. The van der Waals surface area contributed by atoms with Crippen LogP contribution in [0.5, 0.6) is 0 Å². The van der Waals surface area contributed by atoms with Crippen molar-refractivity contribution >= 4 is 16.6 Å². The van der Waals surface area contributed by atoms with E-state index < -0.39 is 5.41 Å². The summed E-state index contributed by atoms with van der Waals surface area (Å²) >= 11 is 0. The van der Waals surface area contributed by atoms with E-state index in [9.17, 15) is 4.79 Å². The van der Waals surface area contributed by atoms with E-state index >= 15 is 0 Å². The molecule has 0 saturated carbocycles. The first-order chi connectivity index (χ1) is 14.1. The molecule has 0 bridgehead atoms. The molecule has 0 unspecified atom stereocenters. The molecule has 0 saturated heterocycles. The lowest BCUT2D eigenvalue weighted by atomic mass is 9.69. The van der Waals surface area contributed by atoms with Crippen LogP contribution in [-0.2, 0) is 24.1 Å². The van der Waals surface area contributed by atoms with Gasteiger partial charge in [-0.2, -0.15) is 0 Å². The lowest BCUT2D eigenvalue weighted by molar-refractivity contribution is -0.126. The van der Waals surface area contributed by atoms with Crippen LogP contribution in [0.15, 0.2) is 103 Å². The molecule has 0 radical (unpaired) electrons. The average molecular weight is 379 g/mol. The second-order valence-corrected chi connectivity index (χ2v) is 8.02. The van der Waals surface area contributed by atoms with Gasteiger partial charge in [-0.15, -0.1) is 0 Å². The van der Waals surface area contributed by atoms with Crippen molar-refractivity contribution in [3.8, 4) is 0 Å². The first-order valence-electron chi connectivity index (χ1n) is 10.2. The zero-order chi connectivity index (χ0) is 20.1. The van der Waals surface area contributed by atoms with E-state index in [1.807, 2.05) is 12.1 Å². The summed E-state index contributed by atoms with van der Waals surface area (Å²) in [7, 11) is 0. The van der Waals surface area contributed by atoms with Gasteiger partial charge in [0.05, 0.1) is 0 Å². The Morgan fingerprint density at radius 3 is 1.62 bits per heavy atom. The quantitative estimate of drug-likeness (QED) is 0.361. The van der Waals surface area contributed by atoms with Gasteiger partial charge < -0.3 is 0 Å². The maximum Gasteiger partial charge on any atom is 0.136 e. The van der Waals surface area contributed by atoms with Crippen molar-refractivity contribution in [3.05, 3.63) is 120 Å². The number of fused-ring (bicyclic) bond motifs is 1. The molecule has 1 nitrogen and oxygen atoms in total. The first kappa shape index (κ1) is 19.1. The molecule has 0 N–H and O–H groups in total. The molecule has 0 heterocycles. The predicted octanol–water partition coefficient (Wildman–Crippen LogP) is 6.44. The van der Waals surface area contributed by atoms with Gasteiger partial charge in [-0.1, -0.05) is 103 Å². The molecule has 0 fully saturated rings. The standard InChI is InChI=1S/C28H26O/c1-22(29)28(19-23-10-4-2-5-11-23,20-24-12-6-3-7-13-24)21-25-16-17-26-14-8-9-15-27(26)18-25/h2-18H,19-21H2,1H3. The van der Waals surface area contributed by atoms with Gasteiger partial charge in [-0.3, -0.25) is 4.79 Å². The molecule has 0 spiro atoms. The van der Waals surface area contributed by atoms with E-state index in [-0.39, 0.29) is 5.78 Å². The minimum absolute atomic E-state index is 0.248. The summed E-state index contributed by atoms with van der Waals surface area (Å²) < 4.78 is 0. The maximum atomic E-state index is 13.1. The van der Waals surface area contributed by atoms with Crippen LogP contribution in [0.3, 0.4) is 0 Å². The highest BCUT2D eigenvalue weighted by atomic mass is 16.1. The van der Waals surface area contributed by atoms with Crippen LogP contribution in [-0.4, -0.2) is 5.78 Å². The van der Waals surface area contributed by atoms with Gasteiger partial charge in [0.15, 0.2) is 0 Å². The van der Waals surface area contributed by atoms with E-state index in [0.717, 1.165) is 19.3 Å². The van der Waals surface area contributed by atoms with Gasteiger partial charge >= 0.3 is 0 Å². The van der Waals surface area contributed by atoms with Gasteiger partial charge in [0.25, 0.3) is 0 Å². The second kappa shape index (κ2) is 8.45. The summed E-state index contributed by atoms with van der Waals surface area (Å²) in [5.74, 6) is 0.248.